The van der Waals surface area contributed by atoms with Crippen LogP contribution < -0.4 is 10.6 Å². The highest BCUT2D eigenvalue weighted by atomic mass is 35.5. The molecule has 10 heteroatoms. The predicted octanol–water partition coefficient (Wildman–Crippen LogP) is 3.30. The van der Waals surface area contributed by atoms with Crippen molar-refractivity contribution in [2.75, 3.05) is 12.4 Å². The highest BCUT2D eigenvalue weighted by Gasteiger charge is 2.30. The summed E-state index contributed by atoms with van der Waals surface area (Å²) in [7, 11) is -2.48. The van der Waals surface area contributed by atoms with Crippen LogP contribution in [-0.4, -0.2) is 37.5 Å². The Kier molecular flexibility index (Phi) is 6.03. The van der Waals surface area contributed by atoms with E-state index in [1.165, 1.54) is 47.8 Å². The number of hydrogen-bond donors (Lipinski definition) is 2. The van der Waals surface area contributed by atoms with Gasteiger partial charge in [0.05, 0.1) is 32.3 Å². The molecular weight excluding hydrogens is 466 g/mol. The Balaban J connectivity index is 1.62. The Morgan fingerprint density at radius 3 is 2.45 bits per heavy atom. The van der Waals surface area contributed by atoms with Crippen LogP contribution in [0, 0.1) is 0 Å². The maximum absolute atomic E-state index is 13.1. The van der Waals surface area contributed by atoms with Crippen molar-refractivity contribution in [3.63, 3.8) is 0 Å². The maximum atomic E-state index is 13.1. The van der Waals surface area contributed by atoms with Gasteiger partial charge in [0.2, 0.25) is 10.0 Å². The number of halogens is 1. The van der Waals surface area contributed by atoms with E-state index in [0.717, 1.165) is 5.56 Å². The average Bonchev–Trinajstić information content (AvgIpc) is 3.09. The number of nitrogens with one attached hydrogen (secondary N) is 2. The molecule has 0 aliphatic carbocycles. The van der Waals surface area contributed by atoms with Gasteiger partial charge in [-0.1, -0.05) is 48.0 Å². The summed E-state index contributed by atoms with van der Waals surface area (Å²) in [5, 5.41) is 4.75. The standard InChI is InChI=1S/C23H18ClN3O5S/c1-27(13-14-6-3-2-4-7-14)33(31,32)15-10-11-18(24)17(12-15)22(29)25-19-9-5-8-16-20(19)23(30)26-21(16)28/h2-12H,13H2,1H3,(H,25,29)(H,26,28,30). The van der Waals surface area contributed by atoms with Gasteiger partial charge in [0.15, 0.2) is 0 Å². The van der Waals surface area contributed by atoms with Gasteiger partial charge in [-0.3, -0.25) is 19.7 Å². The van der Waals surface area contributed by atoms with E-state index >= 15 is 0 Å². The van der Waals surface area contributed by atoms with Crippen molar-refractivity contribution in [1.82, 2.24) is 9.62 Å². The van der Waals surface area contributed by atoms with E-state index in [0.29, 0.717) is 0 Å². The number of amides is 3. The first-order valence-electron chi connectivity index (χ1n) is 9.78. The van der Waals surface area contributed by atoms with Gasteiger partial charge in [0, 0.05) is 13.6 Å². The lowest BCUT2D eigenvalue weighted by Gasteiger charge is -2.18. The molecule has 1 heterocycles. The predicted molar refractivity (Wildman–Crippen MR) is 123 cm³/mol. The maximum Gasteiger partial charge on any atom is 0.261 e. The van der Waals surface area contributed by atoms with Gasteiger partial charge >= 0.3 is 0 Å². The van der Waals surface area contributed by atoms with Gasteiger partial charge in [0.1, 0.15) is 0 Å². The van der Waals surface area contributed by atoms with Crippen molar-refractivity contribution in [2.24, 2.45) is 0 Å². The first-order chi connectivity index (χ1) is 15.7. The minimum Gasteiger partial charge on any atom is -0.321 e. The summed E-state index contributed by atoms with van der Waals surface area (Å²) < 4.78 is 27.3. The number of imide groups is 1. The number of rotatable bonds is 6. The minimum atomic E-state index is -3.92. The molecule has 0 bridgehead atoms. The SMILES string of the molecule is CN(Cc1ccccc1)S(=O)(=O)c1ccc(Cl)c(C(=O)Nc2cccc3c2C(=O)NC3=O)c1. The number of sulfonamides is 1. The van der Waals surface area contributed by atoms with Crippen LogP contribution in [0.4, 0.5) is 5.69 Å². The fourth-order valence-corrected chi connectivity index (χ4v) is 4.85. The highest BCUT2D eigenvalue weighted by molar-refractivity contribution is 7.89. The monoisotopic (exact) mass is 483 g/mol. The van der Waals surface area contributed by atoms with Crippen LogP contribution in [0.25, 0.3) is 0 Å². The molecule has 8 nitrogen and oxygen atoms in total. The molecule has 168 valence electrons. The molecular formula is C23H18ClN3O5S. The lowest BCUT2D eigenvalue weighted by molar-refractivity contribution is 0.0879. The molecule has 0 unspecified atom stereocenters. The average molecular weight is 484 g/mol. The zero-order valence-electron chi connectivity index (χ0n) is 17.3. The fourth-order valence-electron chi connectivity index (χ4n) is 3.46. The van der Waals surface area contributed by atoms with E-state index in [1.54, 1.807) is 0 Å². The van der Waals surface area contributed by atoms with Gasteiger partial charge < -0.3 is 5.32 Å². The summed E-state index contributed by atoms with van der Waals surface area (Å²) in [6, 6.07) is 17.4. The number of carbonyl (C=O) groups excluding carboxylic acids is 3. The van der Waals surface area contributed by atoms with Crippen molar-refractivity contribution in [3.05, 3.63) is 94.0 Å². The first kappa shape index (κ1) is 22.7. The summed E-state index contributed by atoms with van der Waals surface area (Å²) in [5.41, 5.74) is 1.02. The Hall–Kier alpha value is -3.53. The molecule has 2 N–H and O–H groups in total. The second-order valence-corrected chi connectivity index (χ2v) is 9.81. The quantitative estimate of drug-likeness (QED) is 0.522. The smallest absolute Gasteiger partial charge is 0.261 e. The molecule has 0 saturated carbocycles. The van der Waals surface area contributed by atoms with Crippen LogP contribution in [0.15, 0.2) is 71.6 Å². The molecule has 1 aliphatic heterocycles. The number of nitrogens with zero attached hydrogens (tertiary/aromatic N) is 1. The van der Waals surface area contributed by atoms with E-state index in [9.17, 15) is 22.8 Å². The van der Waals surface area contributed by atoms with Crippen LogP contribution in [-0.2, 0) is 16.6 Å². The van der Waals surface area contributed by atoms with E-state index in [4.69, 9.17) is 11.6 Å². The van der Waals surface area contributed by atoms with Gasteiger partial charge in [-0.15, -0.1) is 0 Å². The van der Waals surface area contributed by atoms with Gasteiger partial charge in [-0.05, 0) is 35.9 Å². The molecule has 0 fully saturated rings. The Morgan fingerprint density at radius 2 is 1.73 bits per heavy atom. The Bertz CT molecular complexity index is 1390. The van der Waals surface area contributed by atoms with Gasteiger partial charge in [-0.2, -0.15) is 4.31 Å². The number of fused-ring (bicyclic) bond motifs is 1. The number of carbonyl (C=O) groups is 3. The van der Waals surface area contributed by atoms with Crippen LogP contribution in [0.2, 0.25) is 5.02 Å². The topological polar surface area (TPSA) is 113 Å². The molecule has 1 aliphatic rings. The summed E-state index contributed by atoms with van der Waals surface area (Å²) in [4.78, 5) is 36.8. The van der Waals surface area contributed by atoms with Crippen molar-refractivity contribution >= 4 is 45.0 Å². The van der Waals surface area contributed by atoms with Crippen LogP contribution >= 0.6 is 11.6 Å². The molecule has 33 heavy (non-hydrogen) atoms. The van der Waals surface area contributed by atoms with Crippen LogP contribution in [0.1, 0.15) is 36.6 Å². The highest BCUT2D eigenvalue weighted by Crippen LogP contribution is 2.27. The number of hydrogen-bond acceptors (Lipinski definition) is 5. The third-order valence-electron chi connectivity index (χ3n) is 5.15. The summed E-state index contributed by atoms with van der Waals surface area (Å²) in [5.74, 6) is -1.90. The molecule has 3 amide bonds. The van der Waals surface area contributed by atoms with Crippen molar-refractivity contribution in [2.45, 2.75) is 11.4 Å². The van der Waals surface area contributed by atoms with Crippen LogP contribution in [0.5, 0.6) is 0 Å². The number of anilines is 1. The summed E-state index contributed by atoms with van der Waals surface area (Å²) in [6.07, 6.45) is 0. The molecule has 3 aromatic rings. The lowest BCUT2D eigenvalue weighted by Crippen LogP contribution is -2.27. The number of benzene rings is 3. The first-order valence-corrected chi connectivity index (χ1v) is 11.6. The minimum absolute atomic E-state index is 0.0327. The van der Waals surface area contributed by atoms with E-state index in [2.05, 4.69) is 10.6 Å². The van der Waals surface area contributed by atoms with E-state index < -0.39 is 27.7 Å². The normalized spacial score (nSPS) is 13.1. The van der Waals surface area contributed by atoms with Gasteiger partial charge in [-0.25, -0.2) is 8.42 Å². The molecule has 3 aromatic carbocycles. The molecule has 0 spiro atoms. The summed E-state index contributed by atoms with van der Waals surface area (Å²) in [6.45, 7) is 0.145. The van der Waals surface area contributed by atoms with Gasteiger partial charge in [0.25, 0.3) is 17.7 Å². The molecule has 0 aromatic heterocycles. The third-order valence-corrected chi connectivity index (χ3v) is 7.28. The largest absolute Gasteiger partial charge is 0.321 e. The van der Waals surface area contributed by atoms with Crippen molar-refractivity contribution < 1.29 is 22.8 Å². The van der Waals surface area contributed by atoms with Crippen LogP contribution in [0.3, 0.4) is 0 Å². The Morgan fingerprint density at radius 1 is 1.00 bits per heavy atom. The molecule has 0 saturated heterocycles. The van der Waals surface area contributed by atoms with E-state index in [-0.39, 0.29) is 38.8 Å². The summed E-state index contributed by atoms with van der Waals surface area (Å²) >= 11 is 6.18. The van der Waals surface area contributed by atoms with Crippen molar-refractivity contribution in [3.8, 4) is 0 Å². The fraction of sp³-hybridized carbons (Fsp3) is 0.0870. The lowest BCUT2D eigenvalue weighted by atomic mass is 10.1. The molecule has 4 rings (SSSR count). The zero-order chi connectivity index (χ0) is 23.8. The second-order valence-electron chi connectivity index (χ2n) is 7.35. The Labute approximate surface area is 195 Å². The molecule has 0 atom stereocenters. The third kappa shape index (κ3) is 4.38. The zero-order valence-corrected chi connectivity index (χ0v) is 18.9. The molecule has 0 radical (unpaired) electrons. The van der Waals surface area contributed by atoms with E-state index in [1.807, 2.05) is 30.3 Å². The second kappa shape index (κ2) is 8.78. The van der Waals surface area contributed by atoms with Crippen molar-refractivity contribution in [1.29, 1.82) is 0 Å².